The van der Waals surface area contributed by atoms with Crippen molar-refractivity contribution in [3.63, 3.8) is 0 Å². The van der Waals surface area contributed by atoms with Crippen LogP contribution in [-0.2, 0) is 0 Å². The summed E-state index contributed by atoms with van der Waals surface area (Å²) in [7, 11) is 0. The Morgan fingerprint density at radius 3 is 2.87 bits per heavy atom. The first kappa shape index (κ1) is 10.7. The van der Waals surface area contributed by atoms with Crippen LogP contribution in [0.15, 0.2) is 18.3 Å². The van der Waals surface area contributed by atoms with Crippen LogP contribution in [0.1, 0.15) is 28.4 Å². The minimum absolute atomic E-state index is 0.201. The highest BCUT2D eigenvalue weighted by Gasteiger charge is 2.16. The summed E-state index contributed by atoms with van der Waals surface area (Å²) in [5, 5.41) is 3.43. The molecule has 2 aromatic heterocycles. The highest BCUT2D eigenvalue weighted by atomic mass is 32.1. The molecule has 1 unspecified atom stereocenters. The predicted octanol–water partition coefficient (Wildman–Crippen LogP) is 2.61. The molecule has 0 aliphatic rings. The van der Waals surface area contributed by atoms with Crippen molar-refractivity contribution in [3.8, 4) is 0 Å². The molecule has 0 spiro atoms. The molecule has 1 N–H and O–H groups in total. The quantitative estimate of drug-likeness (QED) is 0.891. The van der Waals surface area contributed by atoms with Crippen LogP contribution in [0.25, 0.3) is 0 Å². The molecule has 0 saturated heterocycles. The fourth-order valence-electron chi connectivity index (χ4n) is 1.46. The van der Waals surface area contributed by atoms with Crippen molar-refractivity contribution < 1.29 is 0 Å². The number of nitrogens with zero attached hydrogens (tertiary/aromatic N) is 2. The topological polar surface area (TPSA) is 37.8 Å². The number of rotatable bonds is 4. The van der Waals surface area contributed by atoms with Crippen LogP contribution in [0.5, 0.6) is 0 Å². The molecule has 3 nitrogen and oxygen atoms in total. The Morgan fingerprint density at radius 2 is 2.33 bits per heavy atom. The Morgan fingerprint density at radius 1 is 1.47 bits per heavy atom. The molecular formula is C10H13N3S2. The van der Waals surface area contributed by atoms with Gasteiger partial charge in [0.25, 0.3) is 0 Å². The van der Waals surface area contributed by atoms with Gasteiger partial charge >= 0.3 is 0 Å². The zero-order valence-electron chi connectivity index (χ0n) is 8.73. The second kappa shape index (κ2) is 4.83. The summed E-state index contributed by atoms with van der Waals surface area (Å²) < 4.78 is 8.35. The van der Waals surface area contributed by atoms with Crippen LogP contribution >= 0.6 is 23.1 Å². The molecule has 0 aliphatic heterocycles. The van der Waals surface area contributed by atoms with E-state index in [4.69, 9.17) is 0 Å². The largest absolute Gasteiger partial charge is 0.304 e. The van der Waals surface area contributed by atoms with Crippen LogP contribution in [0.2, 0.25) is 0 Å². The van der Waals surface area contributed by atoms with Gasteiger partial charge in [-0.2, -0.15) is 8.75 Å². The Balaban J connectivity index is 2.27. The summed E-state index contributed by atoms with van der Waals surface area (Å²) in [6.45, 7) is 5.16. The molecule has 0 saturated carbocycles. The minimum Gasteiger partial charge on any atom is -0.304 e. The lowest BCUT2D eigenvalue weighted by Crippen LogP contribution is -2.21. The van der Waals surface area contributed by atoms with E-state index < -0.39 is 0 Å². The van der Waals surface area contributed by atoms with Crippen LogP contribution < -0.4 is 5.32 Å². The molecule has 15 heavy (non-hydrogen) atoms. The van der Waals surface area contributed by atoms with Gasteiger partial charge in [-0.15, -0.1) is 11.3 Å². The summed E-state index contributed by atoms with van der Waals surface area (Å²) in [6.07, 6.45) is 1.84. The molecule has 0 aromatic carbocycles. The molecule has 0 aliphatic carbocycles. The fraction of sp³-hybridized carbons (Fsp3) is 0.400. The summed E-state index contributed by atoms with van der Waals surface area (Å²) >= 11 is 3.07. The van der Waals surface area contributed by atoms with Gasteiger partial charge < -0.3 is 5.32 Å². The third kappa shape index (κ3) is 2.42. The number of aryl methyl sites for hydroxylation is 1. The highest BCUT2D eigenvalue weighted by molar-refractivity contribution is 7.12. The van der Waals surface area contributed by atoms with Crippen molar-refractivity contribution in [1.29, 1.82) is 0 Å². The Kier molecular flexibility index (Phi) is 3.45. The van der Waals surface area contributed by atoms with Gasteiger partial charge in [-0.3, -0.25) is 0 Å². The van der Waals surface area contributed by atoms with Crippen molar-refractivity contribution in [2.24, 2.45) is 0 Å². The molecule has 0 amide bonds. The highest BCUT2D eigenvalue weighted by Crippen LogP contribution is 2.27. The van der Waals surface area contributed by atoms with E-state index in [-0.39, 0.29) is 6.04 Å². The van der Waals surface area contributed by atoms with E-state index in [1.807, 2.05) is 17.5 Å². The van der Waals surface area contributed by atoms with Gasteiger partial charge in [0.1, 0.15) is 0 Å². The Labute approximate surface area is 97.5 Å². The van der Waals surface area contributed by atoms with E-state index in [2.05, 4.69) is 40.0 Å². The van der Waals surface area contributed by atoms with Crippen molar-refractivity contribution in [2.75, 3.05) is 6.54 Å². The SMILES string of the molecule is CCNC(c1cnsn1)c1ccc(C)s1. The summed E-state index contributed by atoms with van der Waals surface area (Å²) in [6, 6.07) is 4.50. The maximum atomic E-state index is 4.30. The molecular weight excluding hydrogens is 226 g/mol. The molecule has 1 atom stereocenters. The van der Waals surface area contributed by atoms with Gasteiger partial charge in [0.05, 0.1) is 29.7 Å². The molecule has 2 heterocycles. The third-order valence-electron chi connectivity index (χ3n) is 2.13. The van der Waals surface area contributed by atoms with Crippen LogP contribution in [-0.4, -0.2) is 15.3 Å². The zero-order valence-corrected chi connectivity index (χ0v) is 10.4. The van der Waals surface area contributed by atoms with Crippen molar-refractivity contribution in [1.82, 2.24) is 14.1 Å². The lowest BCUT2D eigenvalue weighted by Gasteiger charge is -2.12. The van der Waals surface area contributed by atoms with E-state index in [0.29, 0.717) is 0 Å². The summed E-state index contributed by atoms with van der Waals surface area (Å²) in [5.41, 5.74) is 1.02. The fourth-order valence-corrected chi connectivity index (χ4v) is 2.88. The van der Waals surface area contributed by atoms with Crippen LogP contribution in [0.4, 0.5) is 0 Å². The van der Waals surface area contributed by atoms with Gasteiger partial charge in [0.2, 0.25) is 0 Å². The van der Waals surface area contributed by atoms with Gasteiger partial charge in [0.15, 0.2) is 0 Å². The molecule has 0 bridgehead atoms. The lowest BCUT2D eigenvalue weighted by atomic mass is 10.2. The number of nitrogens with one attached hydrogen (secondary N) is 1. The van der Waals surface area contributed by atoms with Gasteiger partial charge in [-0.25, -0.2) is 0 Å². The van der Waals surface area contributed by atoms with Crippen molar-refractivity contribution >= 4 is 23.1 Å². The van der Waals surface area contributed by atoms with E-state index >= 15 is 0 Å². The first-order valence-electron chi connectivity index (χ1n) is 4.88. The average molecular weight is 239 g/mol. The number of aromatic nitrogens is 2. The number of hydrogen-bond donors (Lipinski definition) is 1. The molecule has 0 fully saturated rings. The lowest BCUT2D eigenvalue weighted by molar-refractivity contribution is 0.629. The standard InChI is InChI=1S/C10H13N3S2/c1-3-11-10(8-6-12-15-13-8)9-5-4-7(2)14-9/h4-6,10-11H,3H2,1-2H3. The number of hydrogen-bond acceptors (Lipinski definition) is 5. The molecule has 5 heteroatoms. The Bertz CT molecular complexity index is 408. The molecule has 80 valence electrons. The second-order valence-electron chi connectivity index (χ2n) is 3.27. The minimum atomic E-state index is 0.201. The third-order valence-corrected chi connectivity index (χ3v) is 3.69. The van der Waals surface area contributed by atoms with Gasteiger partial charge in [0, 0.05) is 9.75 Å². The maximum absolute atomic E-state index is 4.30. The van der Waals surface area contributed by atoms with E-state index in [0.717, 1.165) is 12.2 Å². The van der Waals surface area contributed by atoms with Crippen LogP contribution in [0.3, 0.4) is 0 Å². The molecule has 2 aromatic rings. The first-order chi connectivity index (χ1) is 7.31. The van der Waals surface area contributed by atoms with E-state index in [9.17, 15) is 0 Å². The number of thiophene rings is 1. The average Bonchev–Trinajstić information content (AvgIpc) is 2.85. The smallest absolute Gasteiger partial charge is 0.0965 e. The normalized spacial score (nSPS) is 12.9. The van der Waals surface area contributed by atoms with E-state index in [1.165, 1.54) is 21.5 Å². The monoisotopic (exact) mass is 239 g/mol. The molecule has 2 rings (SSSR count). The van der Waals surface area contributed by atoms with Crippen LogP contribution in [0, 0.1) is 6.92 Å². The Hall–Kier alpha value is -0.780. The van der Waals surface area contributed by atoms with E-state index in [1.54, 1.807) is 0 Å². The zero-order chi connectivity index (χ0) is 10.7. The first-order valence-corrected chi connectivity index (χ1v) is 6.43. The van der Waals surface area contributed by atoms with Gasteiger partial charge in [-0.1, -0.05) is 6.92 Å². The second-order valence-corrected chi connectivity index (χ2v) is 5.15. The van der Waals surface area contributed by atoms with Gasteiger partial charge in [-0.05, 0) is 25.6 Å². The molecule has 0 radical (unpaired) electrons. The maximum Gasteiger partial charge on any atom is 0.0965 e. The summed E-state index contributed by atoms with van der Waals surface area (Å²) in [4.78, 5) is 2.64. The summed E-state index contributed by atoms with van der Waals surface area (Å²) in [5.74, 6) is 0. The van der Waals surface area contributed by atoms with Crippen molar-refractivity contribution in [3.05, 3.63) is 33.8 Å². The van der Waals surface area contributed by atoms with Crippen molar-refractivity contribution in [2.45, 2.75) is 19.9 Å². The predicted molar refractivity (Wildman–Crippen MR) is 64.5 cm³/mol.